The second-order valence-electron chi connectivity index (χ2n) is 3.13. The van der Waals surface area contributed by atoms with Crippen molar-refractivity contribution in [3.63, 3.8) is 0 Å². The Morgan fingerprint density at radius 1 is 1.53 bits per heavy atom. The summed E-state index contributed by atoms with van der Waals surface area (Å²) in [7, 11) is 0. The van der Waals surface area contributed by atoms with Gasteiger partial charge in [-0.25, -0.2) is 4.79 Å². The molecule has 0 aliphatic carbocycles. The second kappa shape index (κ2) is 5.01. The van der Waals surface area contributed by atoms with Crippen molar-refractivity contribution in [1.82, 2.24) is 10.2 Å². The van der Waals surface area contributed by atoms with Gasteiger partial charge in [0.2, 0.25) is 11.8 Å². The maximum atomic E-state index is 11.5. The van der Waals surface area contributed by atoms with Gasteiger partial charge in [0, 0.05) is 12.7 Å². The second-order valence-corrected chi connectivity index (χ2v) is 4.13. The molecule has 0 radical (unpaired) electrons. The van der Waals surface area contributed by atoms with Crippen LogP contribution in [0.1, 0.15) is 6.92 Å². The van der Waals surface area contributed by atoms with E-state index < -0.39 is 12.0 Å². The Hall–Kier alpha value is -1.24. The van der Waals surface area contributed by atoms with Gasteiger partial charge in [0.25, 0.3) is 0 Å². The molecule has 1 atom stereocenters. The molecule has 7 heteroatoms. The first-order chi connectivity index (χ1) is 7.02. The highest BCUT2D eigenvalue weighted by Crippen LogP contribution is 2.20. The van der Waals surface area contributed by atoms with Gasteiger partial charge in [-0.1, -0.05) is 0 Å². The highest BCUT2D eigenvalue weighted by molar-refractivity contribution is 7.99. The number of carboxylic acid groups (broad SMARTS) is 1. The van der Waals surface area contributed by atoms with Gasteiger partial charge in [-0.05, 0) is 0 Å². The normalized spacial score (nSPS) is 20.1. The average Bonchev–Trinajstić information content (AvgIpc) is 2.62. The first-order valence-corrected chi connectivity index (χ1v) is 5.52. The van der Waals surface area contributed by atoms with E-state index in [0.29, 0.717) is 11.6 Å². The van der Waals surface area contributed by atoms with E-state index in [4.69, 9.17) is 5.11 Å². The summed E-state index contributed by atoms with van der Waals surface area (Å²) in [6, 6.07) is -0.767. The third-order valence-electron chi connectivity index (χ3n) is 1.98. The number of carbonyl (C=O) groups is 3. The van der Waals surface area contributed by atoms with Gasteiger partial charge >= 0.3 is 5.97 Å². The Morgan fingerprint density at radius 2 is 2.20 bits per heavy atom. The van der Waals surface area contributed by atoms with Crippen LogP contribution in [0.2, 0.25) is 0 Å². The topological polar surface area (TPSA) is 86.7 Å². The smallest absolute Gasteiger partial charge is 0.327 e. The zero-order valence-electron chi connectivity index (χ0n) is 8.23. The fraction of sp³-hybridized carbons (Fsp3) is 0.625. The minimum absolute atomic E-state index is 0.139. The van der Waals surface area contributed by atoms with E-state index in [1.54, 1.807) is 0 Å². The molecule has 0 aromatic rings. The fourth-order valence-electron chi connectivity index (χ4n) is 1.19. The number of amides is 2. The van der Waals surface area contributed by atoms with E-state index in [-0.39, 0.29) is 18.4 Å². The quantitative estimate of drug-likeness (QED) is 0.659. The summed E-state index contributed by atoms with van der Waals surface area (Å²) in [5.41, 5.74) is 0. The highest BCUT2D eigenvalue weighted by atomic mass is 32.2. The number of carboxylic acids is 1. The molecule has 0 aromatic carbocycles. The molecule has 0 saturated carbocycles. The lowest BCUT2D eigenvalue weighted by Gasteiger charge is -2.20. The van der Waals surface area contributed by atoms with Crippen LogP contribution < -0.4 is 5.32 Å². The molecule has 1 fully saturated rings. The van der Waals surface area contributed by atoms with Crippen molar-refractivity contribution in [3.05, 3.63) is 0 Å². The number of hydrogen-bond donors (Lipinski definition) is 2. The van der Waals surface area contributed by atoms with Crippen LogP contribution >= 0.6 is 11.8 Å². The molecule has 6 nitrogen and oxygen atoms in total. The predicted molar refractivity (Wildman–Crippen MR) is 54.3 cm³/mol. The van der Waals surface area contributed by atoms with Crippen LogP contribution in [-0.2, 0) is 14.4 Å². The summed E-state index contributed by atoms with van der Waals surface area (Å²) in [5.74, 6) is -0.892. The van der Waals surface area contributed by atoms with Gasteiger partial charge in [0.05, 0.1) is 12.4 Å². The molecule has 1 unspecified atom stereocenters. The van der Waals surface area contributed by atoms with Crippen molar-refractivity contribution in [2.75, 3.05) is 18.2 Å². The maximum Gasteiger partial charge on any atom is 0.327 e. The fourth-order valence-corrected chi connectivity index (χ4v) is 2.37. The Bertz CT molecular complexity index is 294. The molecular formula is C8H12N2O4S. The Labute approximate surface area is 91.0 Å². The van der Waals surface area contributed by atoms with Crippen LogP contribution in [0.3, 0.4) is 0 Å². The molecule has 1 rings (SSSR count). The van der Waals surface area contributed by atoms with Crippen molar-refractivity contribution in [1.29, 1.82) is 0 Å². The van der Waals surface area contributed by atoms with Crippen molar-refractivity contribution in [2.45, 2.75) is 13.0 Å². The molecule has 0 bridgehead atoms. The first kappa shape index (κ1) is 11.8. The molecule has 0 aromatic heterocycles. The zero-order chi connectivity index (χ0) is 11.4. The Kier molecular flexibility index (Phi) is 3.96. The summed E-state index contributed by atoms with van der Waals surface area (Å²) in [6.07, 6.45) is 0. The van der Waals surface area contributed by atoms with Crippen LogP contribution in [0.5, 0.6) is 0 Å². The average molecular weight is 232 g/mol. The monoisotopic (exact) mass is 232 g/mol. The van der Waals surface area contributed by atoms with E-state index in [1.165, 1.54) is 23.6 Å². The summed E-state index contributed by atoms with van der Waals surface area (Å²) < 4.78 is 0. The van der Waals surface area contributed by atoms with Crippen molar-refractivity contribution < 1.29 is 19.5 Å². The van der Waals surface area contributed by atoms with Crippen molar-refractivity contribution in [3.8, 4) is 0 Å². The summed E-state index contributed by atoms with van der Waals surface area (Å²) in [4.78, 5) is 34.1. The summed E-state index contributed by atoms with van der Waals surface area (Å²) >= 11 is 1.39. The number of nitrogens with zero attached hydrogens (tertiary/aromatic N) is 1. The molecular weight excluding hydrogens is 220 g/mol. The van der Waals surface area contributed by atoms with Crippen LogP contribution in [0.15, 0.2) is 0 Å². The van der Waals surface area contributed by atoms with Crippen LogP contribution in [0, 0.1) is 0 Å². The number of rotatable bonds is 3. The number of aliphatic carboxylic acids is 1. The molecule has 1 aliphatic heterocycles. The minimum atomic E-state index is -1.00. The van der Waals surface area contributed by atoms with E-state index in [2.05, 4.69) is 5.32 Å². The lowest BCUT2D eigenvalue weighted by molar-refractivity contribution is -0.147. The number of nitrogens with one attached hydrogen (secondary N) is 1. The third kappa shape index (κ3) is 3.12. The van der Waals surface area contributed by atoms with Gasteiger partial charge in [0.1, 0.15) is 6.04 Å². The lowest BCUT2D eigenvalue weighted by Crippen LogP contribution is -2.46. The van der Waals surface area contributed by atoms with E-state index in [1.807, 2.05) is 0 Å². The number of hydrogen-bond acceptors (Lipinski definition) is 4. The molecule has 1 aliphatic rings. The van der Waals surface area contributed by atoms with Gasteiger partial charge in [-0.3, -0.25) is 9.59 Å². The van der Waals surface area contributed by atoms with E-state index in [0.717, 1.165) is 0 Å². The van der Waals surface area contributed by atoms with Gasteiger partial charge < -0.3 is 15.3 Å². The molecule has 0 spiro atoms. The zero-order valence-corrected chi connectivity index (χ0v) is 9.04. The Morgan fingerprint density at radius 3 is 2.73 bits per heavy atom. The van der Waals surface area contributed by atoms with E-state index in [9.17, 15) is 14.4 Å². The Balaban J connectivity index is 2.51. The van der Waals surface area contributed by atoms with Crippen LogP contribution in [-0.4, -0.2) is 52.0 Å². The van der Waals surface area contributed by atoms with Gasteiger partial charge in [0.15, 0.2) is 0 Å². The summed E-state index contributed by atoms with van der Waals surface area (Å²) in [6.45, 7) is 1.17. The largest absolute Gasteiger partial charge is 0.480 e. The molecule has 1 saturated heterocycles. The molecule has 1 heterocycles. The summed E-state index contributed by atoms with van der Waals surface area (Å²) in [5, 5.41) is 11.2. The molecule has 15 heavy (non-hydrogen) atoms. The maximum absolute atomic E-state index is 11.5. The van der Waals surface area contributed by atoms with Gasteiger partial charge in [-0.15, -0.1) is 11.8 Å². The standard InChI is InChI=1S/C8H12N2O4S/c1-5(11)9-2-7(12)10-4-15-3-6(10)8(13)14/h6H,2-4H2,1H3,(H,9,11)(H,13,14). The highest BCUT2D eigenvalue weighted by Gasteiger charge is 2.34. The van der Waals surface area contributed by atoms with Crippen LogP contribution in [0.25, 0.3) is 0 Å². The minimum Gasteiger partial charge on any atom is -0.480 e. The number of thioether (sulfide) groups is 1. The van der Waals surface area contributed by atoms with Gasteiger partial charge in [-0.2, -0.15) is 0 Å². The third-order valence-corrected chi connectivity index (χ3v) is 2.99. The van der Waals surface area contributed by atoms with Crippen molar-refractivity contribution >= 4 is 29.5 Å². The predicted octanol–water partition coefficient (Wildman–Crippen LogP) is -0.891. The molecule has 2 N–H and O–H groups in total. The van der Waals surface area contributed by atoms with Crippen LogP contribution in [0.4, 0.5) is 0 Å². The SMILES string of the molecule is CC(=O)NCC(=O)N1CSCC1C(=O)O. The molecule has 84 valence electrons. The molecule has 2 amide bonds. The lowest BCUT2D eigenvalue weighted by atomic mass is 10.3. The van der Waals surface area contributed by atoms with E-state index >= 15 is 0 Å². The number of carbonyl (C=O) groups excluding carboxylic acids is 2. The first-order valence-electron chi connectivity index (χ1n) is 4.37. The van der Waals surface area contributed by atoms with Crippen molar-refractivity contribution in [2.24, 2.45) is 0 Å².